The average Bonchev–Trinajstić information content (AvgIpc) is 3.37. The van der Waals surface area contributed by atoms with Gasteiger partial charge in [-0.15, -0.1) is 0 Å². The first-order valence-corrected chi connectivity index (χ1v) is 14.3. The summed E-state index contributed by atoms with van der Waals surface area (Å²) in [6.45, 7) is 4.12. The fourth-order valence-corrected chi connectivity index (χ4v) is 5.98. The van der Waals surface area contributed by atoms with Gasteiger partial charge in [0.25, 0.3) is 0 Å². The van der Waals surface area contributed by atoms with Crippen molar-refractivity contribution in [2.75, 3.05) is 37.6 Å². The minimum atomic E-state index is -0.856. The topological polar surface area (TPSA) is 65.0 Å². The van der Waals surface area contributed by atoms with E-state index in [1.54, 1.807) is 6.07 Å². The number of ether oxygens (including phenoxy) is 1. The maximum absolute atomic E-state index is 13.5. The first-order chi connectivity index (χ1) is 18.5. The van der Waals surface area contributed by atoms with Gasteiger partial charge < -0.3 is 25.0 Å². The third-order valence-corrected chi connectivity index (χ3v) is 8.43. The summed E-state index contributed by atoms with van der Waals surface area (Å²) in [6, 6.07) is 19.9. The van der Waals surface area contributed by atoms with Crippen LogP contribution in [0.5, 0.6) is 5.75 Å². The molecule has 3 aliphatic rings. The van der Waals surface area contributed by atoms with Gasteiger partial charge in [0.05, 0.1) is 23.1 Å². The second-order valence-corrected chi connectivity index (χ2v) is 11.4. The number of benzene rings is 3. The van der Waals surface area contributed by atoms with Crippen molar-refractivity contribution < 1.29 is 14.6 Å². The number of nitrogens with one attached hydrogen (secondary N) is 1. The largest absolute Gasteiger partial charge is 0.489 e. The van der Waals surface area contributed by atoms with Crippen molar-refractivity contribution in [3.05, 3.63) is 71.2 Å². The molecule has 0 radical (unpaired) electrons. The lowest BCUT2D eigenvalue weighted by Crippen LogP contribution is -2.48. The third kappa shape index (κ3) is 5.78. The van der Waals surface area contributed by atoms with Crippen LogP contribution in [-0.4, -0.2) is 60.8 Å². The Hall–Kier alpha value is -2.80. The maximum Gasteiger partial charge on any atom is 0.225 e. The minimum Gasteiger partial charge on any atom is -0.489 e. The van der Waals surface area contributed by atoms with Crippen LogP contribution in [0.1, 0.15) is 43.8 Å². The number of amides is 1. The van der Waals surface area contributed by atoms with Gasteiger partial charge >= 0.3 is 0 Å². The molecule has 2 aliphatic heterocycles. The zero-order chi connectivity index (χ0) is 26.1. The second kappa shape index (κ2) is 11.1. The summed E-state index contributed by atoms with van der Waals surface area (Å²) in [5.41, 5.74) is 1.85. The van der Waals surface area contributed by atoms with Crippen molar-refractivity contribution >= 4 is 34.0 Å². The lowest BCUT2D eigenvalue weighted by Gasteiger charge is -2.30. The molecule has 3 fully saturated rings. The van der Waals surface area contributed by atoms with Gasteiger partial charge in [0.15, 0.2) is 0 Å². The molecule has 3 aromatic carbocycles. The molecule has 1 amide bonds. The highest BCUT2D eigenvalue weighted by Crippen LogP contribution is 2.34. The summed E-state index contributed by atoms with van der Waals surface area (Å²) in [4.78, 5) is 18.1. The number of hydrogen-bond donors (Lipinski definition) is 2. The molecule has 3 atom stereocenters. The van der Waals surface area contributed by atoms with Crippen LogP contribution in [-0.2, 0) is 4.79 Å². The van der Waals surface area contributed by atoms with Crippen molar-refractivity contribution in [1.82, 2.24) is 10.2 Å². The van der Waals surface area contributed by atoms with Crippen molar-refractivity contribution in [2.45, 2.75) is 50.4 Å². The van der Waals surface area contributed by atoms with Gasteiger partial charge in [-0.05, 0) is 85.8 Å². The highest BCUT2D eigenvalue weighted by Gasteiger charge is 2.33. The van der Waals surface area contributed by atoms with Crippen LogP contribution in [0.2, 0.25) is 5.02 Å². The highest BCUT2D eigenvalue weighted by atomic mass is 35.5. The van der Waals surface area contributed by atoms with Gasteiger partial charge in [0.2, 0.25) is 5.91 Å². The van der Waals surface area contributed by atoms with E-state index in [1.165, 1.54) is 10.8 Å². The SMILES string of the molecule is O=C(N[C@H](CN1CCCC1)[C@H](O)c1ccc(OC2CC2)c(Cl)c1)[C@@H]1CCN(c2ccc3ccccc3c2)C1. The predicted molar refractivity (Wildman–Crippen MR) is 152 cm³/mol. The molecule has 2 N–H and O–H groups in total. The Kier molecular flexibility index (Phi) is 7.46. The fraction of sp³-hybridized carbons (Fsp3) is 0.452. The smallest absolute Gasteiger partial charge is 0.225 e. The molecule has 0 aromatic heterocycles. The van der Waals surface area contributed by atoms with E-state index in [0.29, 0.717) is 29.4 Å². The first-order valence-electron chi connectivity index (χ1n) is 13.9. The van der Waals surface area contributed by atoms with Crippen LogP contribution in [0.4, 0.5) is 5.69 Å². The molecule has 0 unspecified atom stereocenters. The maximum atomic E-state index is 13.5. The van der Waals surface area contributed by atoms with Crippen molar-refractivity contribution in [3.8, 4) is 5.75 Å². The quantitative estimate of drug-likeness (QED) is 0.397. The van der Waals surface area contributed by atoms with E-state index in [1.807, 2.05) is 12.1 Å². The number of carbonyl (C=O) groups is 1. The Morgan fingerprint density at radius 1 is 1.00 bits per heavy atom. The number of nitrogens with zero attached hydrogens (tertiary/aromatic N) is 2. The highest BCUT2D eigenvalue weighted by molar-refractivity contribution is 6.32. The molecule has 0 spiro atoms. The monoisotopic (exact) mass is 533 g/mol. The van der Waals surface area contributed by atoms with Gasteiger partial charge in [-0.2, -0.15) is 0 Å². The number of rotatable bonds is 9. The molecule has 38 heavy (non-hydrogen) atoms. The van der Waals surface area contributed by atoms with Gasteiger partial charge in [-0.1, -0.05) is 48.0 Å². The van der Waals surface area contributed by atoms with E-state index >= 15 is 0 Å². The molecule has 1 saturated carbocycles. The zero-order valence-corrected chi connectivity index (χ0v) is 22.4. The van der Waals surface area contributed by atoms with Gasteiger partial charge in [-0.25, -0.2) is 0 Å². The molecule has 7 heteroatoms. The molecular weight excluding hydrogens is 498 g/mol. The van der Waals surface area contributed by atoms with Crippen molar-refractivity contribution in [2.24, 2.45) is 5.92 Å². The number of fused-ring (bicyclic) bond motifs is 1. The van der Waals surface area contributed by atoms with E-state index in [9.17, 15) is 9.90 Å². The predicted octanol–water partition coefficient (Wildman–Crippen LogP) is 5.17. The molecule has 2 saturated heterocycles. The molecule has 0 bridgehead atoms. The van der Waals surface area contributed by atoms with Crippen molar-refractivity contribution in [1.29, 1.82) is 0 Å². The Labute approximate surface area is 229 Å². The van der Waals surface area contributed by atoms with E-state index in [-0.39, 0.29) is 17.9 Å². The lowest BCUT2D eigenvalue weighted by atomic mass is 10.00. The van der Waals surface area contributed by atoms with Gasteiger partial charge in [0, 0.05) is 25.3 Å². The number of carbonyl (C=O) groups excluding carboxylic acids is 1. The summed E-state index contributed by atoms with van der Waals surface area (Å²) in [5, 5.41) is 17.6. The Morgan fingerprint density at radius 3 is 2.55 bits per heavy atom. The van der Waals surface area contributed by atoms with Crippen LogP contribution in [0.15, 0.2) is 60.7 Å². The minimum absolute atomic E-state index is 0.0105. The van der Waals surface area contributed by atoms with E-state index < -0.39 is 12.1 Å². The molecule has 3 aromatic rings. The fourth-order valence-electron chi connectivity index (χ4n) is 5.74. The van der Waals surface area contributed by atoms with E-state index in [0.717, 1.165) is 57.4 Å². The first kappa shape index (κ1) is 25.5. The number of aliphatic hydroxyl groups excluding tert-OH is 1. The van der Waals surface area contributed by atoms with E-state index in [4.69, 9.17) is 16.3 Å². The van der Waals surface area contributed by atoms with Crippen LogP contribution >= 0.6 is 11.6 Å². The molecule has 6 rings (SSSR count). The number of halogens is 1. The zero-order valence-electron chi connectivity index (χ0n) is 21.7. The Morgan fingerprint density at radius 2 is 1.79 bits per heavy atom. The number of aliphatic hydroxyl groups is 1. The third-order valence-electron chi connectivity index (χ3n) is 8.14. The van der Waals surface area contributed by atoms with E-state index in [2.05, 4.69) is 57.6 Å². The molecule has 1 aliphatic carbocycles. The number of likely N-dealkylation sites (tertiary alicyclic amines) is 1. The standard InChI is InChI=1S/C31H36ClN3O3/c32-27-18-23(8-12-29(27)38-26-10-11-26)30(36)28(20-34-14-3-4-15-34)33-31(37)24-13-16-35(19-24)25-9-7-21-5-1-2-6-22(21)17-25/h1-2,5-9,12,17-18,24,26,28,30,36H,3-4,10-11,13-16,19-20H2,(H,33,37)/t24-,28-,30-/m1/s1. The molecule has 200 valence electrons. The summed E-state index contributed by atoms with van der Waals surface area (Å²) < 4.78 is 5.86. The summed E-state index contributed by atoms with van der Waals surface area (Å²) >= 11 is 6.50. The van der Waals surface area contributed by atoms with Crippen LogP contribution in [0.25, 0.3) is 10.8 Å². The molecular formula is C31H36ClN3O3. The van der Waals surface area contributed by atoms with Crippen molar-refractivity contribution in [3.63, 3.8) is 0 Å². The number of hydrogen-bond acceptors (Lipinski definition) is 5. The van der Waals surface area contributed by atoms with Crippen LogP contribution in [0, 0.1) is 5.92 Å². The Balaban J connectivity index is 1.14. The summed E-state index contributed by atoms with van der Waals surface area (Å²) in [5.74, 6) is 0.550. The average molecular weight is 534 g/mol. The summed E-state index contributed by atoms with van der Waals surface area (Å²) in [7, 11) is 0. The van der Waals surface area contributed by atoms with Gasteiger partial charge in [0.1, 0.15) is 11.9 Å². The molecule has 2 heterocycles. The summed E-state index contributed by atoms with van der Waals surface area (Å²) in [6.07, 6.45) is 4.62. The van der Waals surface area contributed by atoms with Crippen LogP contribution in [0.3, 0.4) is 0 Å². The van der Waals surface area contributed by atoms with Crippen LogP contribution < -0.4 is 15.0 Å². The van der Waals surface area contributed by atoms with Gasteiger partial charge in [-0.3, -0.25) is 4.79 Å². The second-order valence-electron chi connectivity index (χ2n) is 11.0. The number of anilines is 1. The Bertz CT molecular complexity index is 1290. The normalized spacial score (nSPS) is 21.5. The lowest BCUT2D eigenvalue weighted by molar-refractivity contribution is -0.126. The molecule has 6 nitrogen and oxygen atoms in total.